The Labute approximate surface area is 265 Å². The summed E-state index contributed by atoms with van der Waals surface area (Å²) in [4.78, 5) is 48.1. The van der Waals surface area contributed by atoms with E-state index in [-0.39, 0.29) is 30.6 Å². The normalized spacial score (nSPS) is 27.8. The van der Waals surface area contributed by atoms with E-state index in [0.717, 1.165) is 29.2 Å². The molecule has 1 saturated heterocycles. The van der Waals surface area contributed by atoms with E-state index in [0.29, 0.717) is 25.3 Å². The van der Waals surface area contributed by atoms with Crippen LogP contribution in [0.1, 0.15) is 52.1 Å². The molecule has 12 nitrogen and oxygen atoms in total. The number of nitrogens with one attached hydrogen (secondary N) is 1. The van der Waals surface area contributed by atoms with Crippen LogP contribution in [0.15, 0.2) is 30.4 Å². The van der Waals surface area contributed by atoms with Crippen molar-refractivity contribution in [2.75, 3.05) is 13.2 Å². The summed E-state index contributed by atoms with van der Waals surface area (Å²) in [5.41, 5.74) is -2.46. The fraction of sp³-hybridized carbons (Fsp3) is 0.567. The first-order valence-electron chi connectivity index (χ1n) is 14.8. The van der Waals surface area contributed by atoms with Crippen molar-refractivity contribution in [2.45, 2.75) is 89.1 Å². The van der Waals surface area contributed by atoms with Crippen LogP contribution < -0.4 is 14.8 Å². The predicted octanol–water partition coefficient (Wildman–Crippen LogP) is 4.70. The van der Waals surface area contributed by atoms with Gasteiger partial charge in [-0.2, -0.15) is 8.78 Å². The van der Waals surface area contributed by atoms with E-state index in [1.165, 1.54) is 0 Å². The Morgan fingerprint density at radius 3 is 2.49 bits per heavy atom. The predicted molar refractivity (Wildman–Crippen MR) is 152 cm³/mol. The molecule has 17 heteroatoms. The Balaban J connectivity index is 1.57. The van der Waals surface area contributed by atoms with Gasteiger partial charge in [0.05, 0.1) is 30.3 Å². The third kappa shape index (κ3) is 7.82. The van der Waals surface area contributed by atoms with Gasteiger partial charge < -0.3 is 34.3 Å². The highest BCUT2D eigenvalue weighted by Crippen LogP contribution is 2.38. The SMILES string of the molecule is CC(C)(C)[C@@H]1NC(=O)O[C@@H]2CCC[C@H]2OC/C=C/C(F)(F)c2nc3cc(OC(F)(F)F)ccc3nc2O[C@@H]2C[C@@H](C(=O)O)N(C2)C1=O. The lowest BCUT2D eigenvalue weighted by Crippen LogP contribution is -2.57. The maximum Gasteiger partial charge on any atom is 0.573 e. The molecule has 2 aromatic rings. The van der Waals surface area contributed by atoms with Gasteiger partial charge in [-0.05, 0) is 42.9 Å². The van der Waals surface area contributed by atoms with Gasteiger partial charge in [-0.25, -0.2) is 19.6 Å². The van der Waals surface area contributed by atoms with Crippen molar-refractivity contribution >= 4 is 29.0 Å². The van der Waals surface area contributed by atoms with E-state index in [9.17, 15) is 32.7 Å². The highest BCUT2D eigenvalue weighted by Gasteiger charge is 2.47. The van der Waals surface area contributed by atoms with Crippen LogP contribution in [-0.4, -0.2) is 87.9 Å². The van der Waals surface area contributed by atoms with Crippen molar-refractivity contribution in [2.24, 2.45) is 5.41 Å². The highest BCUT2D eigenvalue weighted by molar-refractivity contribution is 5.90. The number of alkyl carbamates (subject to hydrolysis) is 1. The van der Waals surface area contributed by atoms with Crippen LogP contribution >= 0.6 is 0 Å². The molecule has 2 N–H and O–H groups in total. The number of amides is 2. The summed E-state index contributed by atoms with van der Waals surface area (Å²) in [6, 6.07) is 0.0878. The van der Waals surface area contributed by atoms with E-state index in [1.54, 1.807) is 20.8 Å². The molecule has 5 rings (SSSR count). The second kappa shape index (κ2) is 12.7. The molecule has 0 spiro atoms. The van der Waals surface area contributed by atoms with E-state index in [4.69, 9.17) is 14.2 Å². The summed E-state index contributed by atoms with van der Waals surface area (Å²) >= 11 is 0. The third-order valence-corrected chi connectivity index (χ3v) is 8.02. The van der Waals surface area contributed by atoms with Crippen LogP contribution in [0.5, 0.6) is 11.6 Å². The van der Waals surface area contributed by atoms with Crippen LogP contribution in [0.2, 0.25) is 0 Å². The number of nitrogens with zero attached hydrogens (tertiary/aromatic N) is 3. The number of benzene rings is 1. The van der Waals surface area contributed by atoms with Crippen molar-refractivity contribution in [3.63, 3.8) is 0 Å². The van der Waals surface area contributed by atoms with Crippen LogP contribution in [0.25, 0.3) is 11.0 Å². The Bertz CT molecular complexity index is 1560. The number of ether oxygens (including phenoxy) is 4. The van der Waals surface area contributed by atoms with Gasteiger partial charge in [-0.15, -0.1) is 13.2 Å². The maximum atomic E-state index is 15.8. The van der Waals surface area contributed by atoms with Gasteiger partial charge in [0.15, 0.2) is 5.69 Å². The minimum absolute atomic E-state index is 0.118. The maximum absolute atomic E-state index is 15.8. The number of fused-ring (bicyclic) bond motifs is 5. The summed E-state index contributed by atoms with van der Waals surface area (Å²) in [5.74, 6) is -7.49. The Morgan fingerprint density at radius 1 is 1.09 bits per heavy atom. The van der Waals surface area contributed by atoms with Gasteiger partial charge in [0.2, 0.25) is 11.8 Å². The van der Waals surface area contributed by atoms with Crippen LogP contribution in [0.3, 0.4) is 0 Å². The van der Waals surface area contributed by atoms with Crippen molar-refractivity contribution in [1.82, 2.24) is 20.2 Å². The molecule has 47 heavy (non-hydrogen) atoms. The van der Waals surface area contributed by atoms with Gasteiger partial charge in [0, 0.05) is 12.5 Å². The molecule has 1 aliphatic carbocycles. The van der Waals surface area contributed by atoms with Gasteiger partial charge in [0.25, 0.3) is 0 Å². The summed E-state index contributed by atoms with van der Waals surface area (Å²) in [6.07, 6.45) is -5.85. The van der Waals surface area contributed by atoms with Crippen LogP contribution in [0, 0.1) is 5.41 Å². The number of halogens is 5. The molecule has 1 aromatic carbocycles. The molecule has 2 bridgehead atoms. The van der Waals surface area contributed by atoms with Gasteiger partial charge >= 0.3 is 24.3 Å². The Morgan fingerprint density at radius 2 is 1.81 bits per heavy atom. The van der Waals surface area contributed by atoms with E-state index in [2.05, 4.69) is 20.0 Å². The van der Waals surface area contributed by atoms with E-state index >= 15 is 8.78 Å². The molecule has 1 saturated carbocycles. The fourth-order valence-electron chi connectivity index (χ4n) is 5.81. The van der Waals surface area contributed by atoms with Crippen molar-refractivity contribution in [3.8, 4) is 11.6 Å². The van der Waals surface area contributed by atoms with Crippen LogP contribution in [0.4, 0.5) is 26.7 Å². The summed E-state index contributed by atoms with van der Waals surface area (Å²) in [6.45, 7) is 4.30. The molecule has 3 heterocycles. The third-order valence-electron chi connectivity index (χ3n) is 8.02. The zero-order valence-corrected chi connectivity index (χ0v) is 25.6. The topological polar surface area (TPSA) is 149 Å². The number of allylic oxidation sites excluding steroid dienone is 1. The number of carboxylic acid groups (broad SMARTS) is 1. The highest BCUT2D eigenvalue weighted by atomic mass is 19.4. The fourth-order valence-corrected chi connectivity index (χ4v) is 5.81. The summed E-state index contributed by atoms with van der Waals surface area (Å²) in [5, 5.41) is 12.6. The molecule has 256 valence electrons. The smallest absolute Gasteiger partial charge is 0.480 e. The zero-order valence-electron chi connectivity index (χ0n) is 25.6. The van der Waals surface area contributed by atoms with Gasteiger partial charge in [-0.3, -0.25) is 4.79 Å². The lowest BCUT2D eigenvalue weighted by Gasteiger charge is -2.35. The Hall–Kier alpha value is -4.28. The number of rotatable bonds is 2. The lowest BCUT2D eigenvalue weighted by atomic mass is 9.85. The minimum Gasteiger partial charge on any atom is -0.480 e. The van der Waals surface area contributed by atoms with Crippen LogP contribution in [-0.2, 0) is 25.0 Å². The number of aromatic nitrogens is 2. The monoisotopic (exact) mass is 672 g/mol. The number of alkyl halides is 5. The number of aliphatic carboxylic acids is 1. The number of hydrogen-bond donors (Lipinski definition) is 2. The first kappa shape index (κ1) is 34.1. The first-order chi connectivity index (χ1) is 21.9. The number of carbonyl (C=O) groups excluding carboxylic acids is 2. The molecule has 3 aliphatic rings. The molecule has 1 aromatic heterocycles. The molecule has 2 amide bonds. The van der Waals surface area contributed by atoms with Crippen molar-refractivity contribution in [3.05, 3.63) is 36.0 Å². The molecule has 2 fully saturated rings. The Kier molecular flexibility index (Phi) is 9.23. The van der Waals surface area contributed by atoms with Gasteiger partial charge in [-0.1, -0.05) is 26.8 Å². The zero-order chi connectivity index (χ0) is 34.3. The minimum atomic E-state index is -5.05. The molecule has 2 aliphatic heterocycles. The van der Waals surface area contributed by atoms with E-state index in [1.807, 2.05) is 0 Å². The largest absolute Gasteiger partial charge is 0.573 e. The average Bonchev–Trinajstić information content (AvgIpc) is 3.58. The number of hydrogen-bond acceptors (Lipinski definition) is 9. The average molecular weight is 673 g/mol. The quantitative estimate of drug-likeness (QED) is 0.340. The standard InChI is InChI=1S/C30H33F5N4O8/c1-28(2,3)23-25(40)39-14-16(13-19(39)26(41)42)45-24-22(36-18-12-15(47-30(33,34)35)8-9-17(18)37-24)29(31,32)10-5-11-44-20-6-4-7-21(20)46-27(43)38-23/h5,8-10,12,16,19-21,23H,4,6-7,11,13-14H2,1-3H3,(H,38,43)(H,41,42)/b10-5+/t16-,19+,20-,21-,23-/m1/s1. The molecular formula is C30H33F5N4O8. The molecule has 0 unspecified atom stereocenters. The number of carbonyl (C=O) groups is 3. The molecule has 0 radical (unpaired) electrons. The first-order valence-corrected chi connectivity index (χ1v) is 14.8. The number of carboxylic acids is 1. The van der Waals surface area contributed by atoms with E-state index < -0.39 is 83.4 Å². The molecule has 5 atom stereocenters. The van der Waals surface area contributed by atoms with Crippen molar-refractivity contribution in [1.29, 1.82) is 0 Å². The second-order valence-corrected chi connectivity index (χ2v) is 12.6. The summed E-state index contributed by atoms with van der Waals surface area (Å²) in [7, 11) is 0. The molecular weight excluding hydrogens is 639 g/mol. The van der Waals surface area contributed by atoms with Crippen molar-refractivity contribution < 1.29 is 60.4 Å². The summed E-state index contributed by atoms with van der Waals surface area (Å²) < 4.78 is 91.0. The second-order valence-electron chi connectivity index (χ2n) is 12.6. The lowest BCUT2D eigenvalue weighted by molar-refractivity contribution is -0.274. The van der Waals surface area contributed by atoms with Gasteiger partial charge in [0.1, 0.15) is 30.0 Å².